The molecule has 0 radical (unpaired) electrons. The maximum atomic E-state index is 6.92. The Balaban J connectivity index is 1.70. The summed E-state index contributed by atoms with van der Waals surface area (Å²) in [5.74, 6) is 0. The van der Waals surface area contributed by atoms with Crippen molar-refractivity contribution in [1.29, 1.82) is 0 Å². The Labute approximate surface area is 154 Å². The number of anilines is 1. The molecular weight excluding hydrogens is 316 g/mol. The van der Waals surface area contributed by atoms with Gasteiger partial charge < -0.3 is 11.1 Å². The van der Waals surface area contributed by atoms with E-state index in [1.807, 2.05) is 36.4 Å². The molecule has 0 bridgehead atoms. The Morgan fingerprint density at radius 3 is 2.19 bits per heavy atom. The molecule has 1 aliphatic carbocycles. The van der Waals surface area contributed by atoms with Crippen LogP contribution in [-0.4, -0.2) is 6.04 Å². The normalized spacial score (nSPS) is 21.5. The first-order valence-corrected chi connectivity index (χ1v) is 8.88. The van der Waals surface area contributed by atoms with Crippen molar-refractivity contribution in [3.63, 3.8) is 0 Å². The summed E-state index contributed by atoms with van der Waals surface area (Å²) in [7, 11) is 0. The lowest BCUT2D eigenvalue weighted by molar-refractivity contribution is 0.517. The molecule has 2 unspecified atom stereocenters. The summed E-state index contributed by atoms with van der Waals surface area (Å²) in [6.07, 6.45) is 8.28. The van der Waals surface area contributed by atoms with Crippen LogP contribution in [0.2, 0.25) is 0 Å². The fourth-order valence-corrected chi connectivity index (χ4v) is 3.41. The molecule has 0 heterocycles. The van der Waals surface area contributed by atoms with Crippen LogP contribution in [0.15, 0.2) is 109 Å². The highest BCUT2D eigenvalue weighted by molar-refractivity contribution is 5.65. The van der Waals surface area contributed by atoms with Crippen LogP contribution in [-0.2, 0) is 5.54 Å². The van der Waals surface area contributed by atoms with E-state index in [2.05, 4.69) is 78.1 Å². The maximum Gasteiger partial charge on any atom is 0.0840 e. The van der Waals surface area contributed by atoms with Gasteiger partial charge in [0, 0.05) is 5.69 Å². The highest BCUT2D eigenvalue weighted by atomic mass is 15.0. The largest absolute Gasteiger partial charge is 0.376 e. The van der Waals surface area contributed by atoms with E-state index in [-0.39, 0.29) is 6.04 Å². The number of rotatable bonds is 4. The lowest BCUT2D eigenvalue weighted by Gasteiger charge is -2.37. The van der Waals surface area contributed by atoms with Crippen LogP contribution in [0.4, 0.5) is 5.69 Å². The Hall–Kier alpha value is -3.10. The van der Waals surface area contributed by atoms with Gasteiger partial charge in [0.25, 0.3) is 0 Å². The molecule has 1 aliphatic rings. The van der Waals surface area contributed by atoms with Gasteiger partial charge in [-0.15, -0.1) is 0 Å². The second-order valence-electron chi connectivity index (χ2n) is 6.61. The summed E-state index contributed by atoms with van der Waals surface area (Å²) in [5.41, 5.74) is 10.8. The fraction of sp³-hybridized carbons (Fsp3) is 0.0833. The highest BCUT2D eigenvalue weighted by Crippen LogP contribution is 2.32. The molecule has 0 saturated heterocycles. The maximum absolute atomic E-state index is 6.92. The third kappa shape index (κ3) is 3.19. The summed E-state index contributed by atoms with van der Waals surface area (Å²) in [6.45, 7) is 0. The van der Waals surface area contributed by atoms with Gasteiger partial charge in [0.05, 0.1) is 11.6 Å². The van der Waals surface area contributed by atoms with Gasteiger partial charge in [-0.2, -0.15) is 0 Å². The van der Waals surface area contributed by atoms with Gasteiger partial charge in [-0.25, -0.2) is 0 Å². The summed E-state index contributed by atoms with van der Waals surface area (Å²) >= 11 is 0. The number of allylic oxidation sites excluding steroid dienone is 2. The molecule has 128 valence electrons. The third-order valence-corrected chi connectivity index (χ3v) is 4.87. The van der Waals surface area contributed by atoms with Crippen LogP contribution in [0.3, 0.4) is 0 Å². The molecule has 3 aromatic rings. The Morgan fingerprint density at radius 1 is 0.731 bits per heavy atom. The predicted octanol–water partition coefficient (Wildman–Crippen LogP) is 5.11. The highest BCUT2D eigenvalue weighted by Gasteiger charge is 2.34. The van der Waals surface area contributed by atoms with Crippen molar-refractivity contribution >= 4 is 5.69 Å². The van der Waals surface area contributed by atoms with E-state index < -0.39 is 5.54 Å². The minimum Gasteiger partial charge on any atom is -0.376 e. The zero-order valence-electron chi connectivity index (χ0n) is 14.5. The minimum atomic E-state index is -0.616. The average Bonchev–Trinajstić information content (AvgIpc) is 2.71. The molecule has 0 saturated carbocycles. The van der Waals surface area contributed by atoms with Crippen molar-refractivity contribution in [2.75, 3.05) is 5.32 Å². The van der Waals surface area contributed by atoms with E-state index in [0.29, 0.717) is 0 Å². The Morgan fingerprint density at radius 2 is 1.42 bits per heavy atom. The van der Waals surface area contributed by atoms with Gasteiger partial charge >= 0.3 is 0 Å². The zero-order chi connectivity index (χ0) is 17.8. The zero-order valence-corrected chi connectivity index (χ0v) is 14.5. The fourth-order valence-electron chi connectivity index (χ4n) is 3.41. The van der Waals surface area contributed by atoms with Gasteiger partial charge in [0.2, 0.25) is 0 Å². The molecule has 0 amide bonds. The van der Waals surface area contributed by atoms with Gasteiger partial charge in [-0.05, 0) is 34.9 Å². The third-order valence-electron chi connectivity index (χ3n) is 4.87. The average molecular weight is 338 g/mol. The molecule has 3 aromatic carbocycles. The van der Waals surface area contributed by atoms with E-state index in [9.17, 15) is 0 Å². The van der Waals surface area contributed by atoms with E-state index >= 15 is 0 Å². The van der Waals surface area contributed by atoms with Crippen LogP contribution in [0.5, 0.6) is 0 Å². The van der Waals surface area contributed by atoms with E-state index in [1.165, 1.54) is 11.1 Å². The molecule has 0 spiro atoms. The molecule has 4 rings (SSSR count). The molecule has 2 nitrogen and oxygen atoms in total. The van der Waals surface area contributed by atoms with E-state index in [0.717, 1.165) is 11.3 Å². The van der Waals surface area contributed by atoms with Gasteiger partial charge in [-0.1, -0.05) is 91.0 Å². The molecule has 26 heavy (non-hydrogen) atoms. The number of hydrogen-bond acceptors (Lipinski definition) is 2. The number of para-hydroxylation sites is 1. The van der Waals surface area contributed by atoms with Crippen molar-refractivity contribution in [2.45, 2.75) is 11.6 Å². The van der Waals surface area contributed by atoms with Gasteiger partial charge in [0.15, 0.2) is 0 Å². The monoisotopic (exact) mass is 338 g/mol. The lowest BCUT2D eigenvalue weighted by atomic mass is 9.79. The summed E-state index contributed by atoms with van der Waals surface area (Å²) in [5, 5.41) is 3.57. The Bertz CT molecular complexity index is 929. The molecule has 0 aliphatic heterocycles. The number of benzene rings is 3. The number of nitrogens with one attached hydrogen (secondary N) is 1. The quantitative estimate of drug-likeness (QED) is 0.693. The van der Waals surface area contributed by atoms with E-state index in [1.54, 1.807) is 0 Å². The van der Waals surface area contributed by atoms with Crippen LogP contribution in [0, 0.1) is 0 Å². The topological polar surface area (TPSA) is 38.0 Å². The van der Waals surface area contributed by atoms with Crippen molar-refractivity contribution in [3.8, 4) is 11.1 Å². The molecule has 0 aromatic heterocycles. The van der Waals surface area contributed by atoms with Crippen LogP contribution in [0.25, 0.3) is 11.1 Å². The minimum absolute atomic E-state index is 0.0269. The summed E-state index contributed by atoms with van der Waals surface area (Å²) in [4.78, 5) is 0. The van der Waals surface area contributed by atoms with Crippen LogP contribution < -0.4 is 11.1 Å². The molecular formula is C24H22N2. The SMILES string of the molecule is NC1(c2cccc(-c3ccccc3)c2)C=CC=CC1Nc1ccccc1. The molecule has 2 atom stereocenters. The lowest BCUT2D eigenvalue weighted by Crippen LogP contribution is -2.50. The van der Waals surface area contributed by atoms with Crippen molar-refractivity contribution in [2.24, 2.45) is 5.73 Å². The van der Waals surface area contributed by atoms with Crippen LogP contribution in [0.1, 0.15) is 5.56 Å². The molecule has 0 fully saturated rings. The van der Waals surface area contributed by atoms with Crippen molar-refractivity contribution < 1.29 is 0 Å². The number of hydrogen-bond donors (Lipinski definition) is 2. The van der Waals surface area contributed by atoms with Crippen molar-refractivity contribution in [3.05, 3.63) is 115 Å². The second kappa shape index (κ2) is 7.03. The summed E-state index contributed by atoms with van der Waals surface area (Å²) in [6, 6.07) is 29.1. The molecule has 2 heteroatoms. The Kier molecular flexibility index (Phi) is 4.42. The van der Waals surface area contributed by atoms with Crippen molar-refractivity contribution in [1.82, 2.24) is 0 Å². The number of nitrogens with two attached hydrogens (primary N) is 1. The standard InChI is InChI=1S/C24H22N2/c25-24(17-8-7-16-23(24)26-22-14-5-2-6-15-22)21-13-9-12-20(18-21)19-10-3-1-4-11-19/h1-18,23,26H,25H2. The first-order chi connectivity index (χ1) is 12.8. The second-order valence-corrected chi connectivity index (χ2v) is 6.61. The van der Waals surface area contributed by atoms with Crippen LogP contribution >= 0.6 is 0 Å². The predicted molar refractivity (Wildman–Crippen MR) is 110 cm³/mol. The molecule has 3 N–H and O–H groups in total. The first-order valence-electron chi connectivity index (χ1n) is 8.88. The van der Waals surface area contributed by atoms with E-state index in [4.69, 9.17) is 5.73 Å². The van der Waals surface area contributed by atoms with Gasteiger partial charge in [-0.3, -0.25) is 0 Å². The summed E-state index contributed by atoms with van der Waals surface area (Å²) < 4.78 is 0. The first kappa shape index (κ1) is 16.4. The van der Waals surface area contributed by atoms with Gasteiger partial charge in [0.1, 0.15) is 0 Å². The smallest absolute Gasteiger partial charge is 0.0840 e.